The Morgan fingerprint density at radius 3 is 2.93 bits per heavy atom. The van der Waals surface area contributed by atoms with Gasteiger partial charge in [-0.2, -0.15) is 18.3 Å². The minimum atomic E-state index is -4.40. The molecule has 0 saturated heterocycles. The zero-order valence-electron chi connectivity index (χ0n) is 15.2. The molecule has 0 amide bonds. The van der Waals surface area contributed by atoms with E-state index in [1.807, 2.05) is 18.5 Å². The molecule has 0 aliphatic carbocycles. The number of aliphatic imine (C=N–C) groups is 1. The summed E-state index contributed by atoms with van der Waals surface area (Å²) in [5.74, 6) is 2.24. The van der Waals surface area contributed by atoms with Gasteiger partial charge in [-0.05, 0) is 26.7 Å². The number of hydrogen-bond donors (Lipinski definition) is 2. The van der Waals surface area contributed by atoms with Gasteiger partial charge in [0.25, 0.3) is 0 Å². The van der Waals surface area contributed by atoms with Crippen LogP contribution in [0.4, 0.5) is 13.2 Å². The number of nitrogens with zero attached hydrogens (tertiary/aromatic N) is 5. The molecule has 3 heterocycles. The van der Waals surface area contributed by atoms with Crippen LogP contribution in [0.5, 0.6) is 0 Å². The SMILES string of the molecule is CCNC(=NCCc1nc(C(F)(F)F)cs1)NC1CCCn2nc(C)nc21. The molecule has 7 nitrogen and oxygen atoms in total. The average molecular weight is 401 g/mol. The third kappa shape index (κ3) is 4.96. The van der Waals surface area contributed by atoms with Gasteiger partial charge in [-0.1, -0.05) is 0 Å². The molecule has 0 bridgehead atoms. The van der Waals surface area contributed by atoms with Crippen molar-refractivity contribution in [1.29, 1.82) is 0 Å². The number of aromatic nitrogens is 4. The Hall–Kier alpha value is -2.17. The molecule has 148 valence electrons. The number of hydrogen-bond acceptors (Lipinski definition) is 5. The van der Waals surface area contributed by atoms with Gasteiger partial charge in [0.2, 0.25) is 0 Å². The van der Waals surface area contributed by atoms with Crippen LogP contribution in [0, 0.1) is 6.92 Å². The summed E-state index contributed by atoms with van der Waals surface area (Å²) < 4.78 is 39.8. The molecule has 11 heteroatoms. The highest BCUT2D eigenvalue weighted by Gasteiger charge is 2.33. The standard InChI is InChI=1S/C16H22F3N7S/c1-3-20-15(21-7-6-13-24-12(9-27-13)16(17,18)19)23-11-5-4-8-26-14(11)22-10(2)25-26/h9,11H,3-8H2,1-2H3,(H2,20,21,23). The molecule has 2 N–H and O–H groups in total. The fourth-order valence-corrected chi connectivity index (χ4v) is 3.70. The molecule has 0 saturated carbocycles. The lowest BCUT2D eigenvalue weighted by atomic mass is 10.1. The maximum atomic E-state index is 12.6. The van der Waals surface area contributed by atoms with Crippen molar-refractivity contribution in [1.82, 2.24) is 30.4 Å². The van der Waals surface area contributed by atoms with Gasteiger partial charge >= 0.3 is 6.18 Å². The van der Waals surface area contributed by atoms with Crippen LogP contribution in [0.1, 0.15) is 48.2 Å². The van der Waals surface area contributed by atoms with Crippen LogP contribution in [0.25, 0.3) is 0 Å². The summed E-state index contributed by atoms with van der Waals surface area (Å²) in [5.41, 5.74) is -0.839. The van der Waals surface area contributed by atoms with E-state index in [0.29, 0.717) is 30.5 Å². The summed E-state index contributed by atoms with van der Waals surface area (Å²) in [6, 6.07) is 0.00875. The van der Waals surface area contributed by atoms with Crippen molar-refractivity contribution in [2.75, 3.05) is 13.1 Å². The predicted octanol–water partition coefficient (Wildman–Crippen LogP) is 2.69. The highest BCUT2D eigenvalue weighted by atomic mass is 32.1. The minimum absolute atomic E-state index is 0.00875. The largest absolute Gasteiger partial charge is 0.434 e. The fraction of sp³-hybridized carbons (Fsp3) is 0.625. The van der Waals surface area contributed by atoms with Crippen molar-refractivity contribution in [2.24, 2.45) is 4.99 Å². The first-order valence-corrected chi connectivity index (χ1v) is 9.72. The summed E-state index contributed by atoms with van der Waals surface area (Å²) in [6.07, 6.45) is -2.13. The van der Waals surface area contributed by atoms with Crippen molar-refractivity contribution < 1.29 is 13.2 Å². The Morgan fingerprint density at radius 2 is 2.22 bits per heavy atom. The fourth-order valence-electron chi connectivity index (χ4n) is 2.91. The summed E-state index contributed by atoms with van der Waals surface area (Å²) >= 11 is 1.01. The van der Waals surface area contributed by atoms with Crippen LogP contribution in [-0.2, 0) is 19.1 Å². The van der Waals surface area contributed by atoms with E-state index < -0.39 is 11.9 Å². The number of rotatable bonds is 5. The lowest BCUT2D eigenvalue weighted by molar-refractivity contribution is -0.140. The molecule has 1 aliphatic rings. The van der Waals surface area contributed by atoms with Crippen molar-refractivity contribution in [2.45, 2.75) is 51.9 Å². The molecule has 0 aromatic carbocycles. The van der Waals surface area contributed by atoms with Crippen LogP contribution in [0.2, 0.25) is 0 Å². The molecule has 1 atom stereocenters. The number of fused-ring (bicyclic) bond motifs is 1. The first kappa shape index (κ1) is 19.6. The normalized spacial score (nSPS) is 17.7. The van der Waals surface area contributed by atoms with Gasteiger partial charge in [0.05, 0.1) is 11.0 Å². The first-order valence-electron chi connectivity index (χ1n) is 8.84. The maximum Gasteiger partial charge on any atom is 0.434 e. The minimum Gasteiger partial charge on any atom is -0.357 e. The van der Waals surface area contributed by atoms with E-state index in [2.05, 4.69) is 30.7 Å². The molecule has 27 heavy (non-hydrogen) atoms. The van der Waals surface area contributed by atoms with Crippen LogP contribution >= 0.6 is 11.3 Å². The second kappa shape index (κ2) is 8.24. The number of alkyl halides is 3. The van der Waals surface area contributed by atoms with Crippen LogP contribution in [0.15, 0.2) is 10.4 Å². The lowest BCUT2D eigenvalue weighted by Crippen LogP contribution is -2.41. The second-order valence-electron chi connectivity index (χ2n) is 6.21. The molecule has 0 fully saturated rings. The van der Waals surface area contributed by atoms with Crippen LogP contribution in [0.3, 0.4) is 0 Å². The van der Waals surface area contributed by atoms with Gasteiger partial charge in [-0.15, -0.1) is 11.3 Å². The first-order chi connectivity index (χ1) is 12.9. The summed E-state index contributed by atoms with van der Waals surface area (Å²) in [4.78, 5) is 12.6. The molecule has 2 aromatic rings. The van der Waals surface area contributed by atoms with E-state index in [1.54, 1.807) is 0 Å². The van der Waals surface area contributed by atoms with E-state index in [0.717, 1.165) is 47.8 Å². The highest BCUT2D eigenvalue weighted by Crippen LogP contribution is 2.30. The van der Waals surface area contributed by atoms with Gasteiger partial charge < -0.3 is 10.6 Å². The molecule has 3 rings (SSSR count). The number of thiazole rings is 1. The van der Waals surface area contributed by atoms with E-state index >= 15 is 0 Å². The zero-order chi connectivity index (χ0) is 19.4. The Balaban J connectivity index is 1.63. The predicted molar refractivity (Wildman–Crippen MR) is 96.7 cm³/mol. The molecule has 2 aromatic heterocycles. The Bertz CT molecular complexity index is 796. The van der Waals surface area contributed by atoms with Crippen molar-refractivity contribution in [3.05, 3.63) is 27.7 Å². The van der Waals surface area contributed by atoms with Crippen LogP contribution in [-0.4, -0.2) is 38.8 Å². The molecular formula is C16H22F3N7S. The number of guanidine groups is 1. The van der Waals surface area contributed by atoms with Crippen molar-refractivity contribution in [3.8, 4) is 0 Å². The molecule has 1 aliphatic heterocycles. The van der Waals surface area contributed by atoms with Gasteiger partial charge in [0.15, 0.2) is 11.7 Å². The van der Waals surface area contributed by atoms with Crippen molar-refractivity contribution >= 4 is 17.3 Å². The van der Waals surface area contributed by atoms with Gasteiger partial charge in [-0.25, -0.2) is 14.6 Å². The molecular weight excluding hydrogens is 379 g/mol. The second-order valence-corrected chi connectivity index (χ2v) is 7.16. The van der Waals surface area contributed by atoms with Crippen LogP contribution < -0.4 is 10.6 Å². The highest BCUT2D eigenvalue weighted by molar-refractivity contribution is 7.09. The van der Waals surface area contributed by atoms with Gasteiger partial charge in [0, 0.05) is 31.4 Å². The molecule has 0 spiro atoms. The third-order valence-electron chi connectivity index (χ3n) is 4.07. The Kier molecular flexibility index (Phi) is 5.98. The van der Waals surface area contributed by atoms with Crippen molar-refractivity contribution in [3.63, 3.8) is 0 Å². The third-order valence-corrected chi connectivity index (χ3v) is 4.98. The van der Waals surface area contributed by atoms with E-state index in [4.69, 9.17) is 0 Å². The quantitative estimate of drug-likeness (QED) is 0.595. The zero-order valence-corrected chi connectivity index (χ0v) is 16.0. The monoisotopic (exact) mass is 401 g/mol. The lowest BCUT2D eigenvalue weighted by Gasteiger charge is -2.25. The Labute approximate surface area is 159 Å². The van der Waals surface area contributed by atoms with E-state index in [9.17, 15) is 13.2 Å². The molecule has 0 radical (unpaired) electrons. The Morgan fingerprint density at radius 1 is 1.41 bits per heavy atom. The van der Waals surface area contributed by atoms with E-state index in [-0.39, 0.29) is 6.04 Å². The van der Waals surface area contributed by atoms with Gasteiger partial charge in [-0.3, -0.25) is 4.99 Å². The number of halogens is 3. The molecule has 1 unspecified atom stereocenters. The summed E-state index contributed by atoms with van der Waals surface area (Å²) in [6.45, 7) is 5.71. The maximum absolute atomic E-state index is 12.6. The number of aryl methyl sites for hydroxylation is 2. The van der Waals surface area contributed by atoms with Gasteiger partial charge in [0.1, 0.15) is 11.6 Å². The topological polar surface area (TPSA) is 80.0 Å². The number of nitrogens with one attached hydrogen (secondary N) is 2. The summed E-state index contributed by atoms with van der Waals surface area (Å²) in [5, 5.41) is 12.4. The smallest absolute Gasteiger partial charge is 0.357 e. The van der Waals surface area contributed by atoms with E-state index in [1.165, 1.54) is 0 Å². The average Bonchev–Trinajstić information content (AvgIpc) is 3.21. The summed E-state index contributed by atoms with van der Waals surface area (Å²) in [7, 11) is 0.